The monoisotopic (exact) mass is 286 g/mol. The van der Waals surface area contributed by atoms with Crippen LogP contribution in [-0.2, 0) is 11.2 Å². The van der Waals surface area contributed by atoms with Gasteiger partial charge in [-0.2, -0.15) is 0 Å². The summed E-state index contributed by atoms with van der Waals surface area (Å²) in [7, 11) is 0. The van der Waals surface area contributed by atoms with E-state index in [4.69, 9.17) is 6.42 Å². The molecule has 0 aromatic heterocycles. The van der Waals surface area contributed by atoms with E-state index >= 15 is 0 Å². The number of carboxylic acid groups (broad SMARTS) is 1. The van der Waals surface area contributed by atoms with Crippen LogP contribution in [0.5, 0.6) is 0 Å². The molecule has 0 aliphatic carbocycles. The number of carbonyl (C=O) groups excluding carboxylic acids is 1. The van der Waals surface area contributed by atoms with E-state index in [1.807, 2.05) is 31.2 Å². The predicted octanol–water partition coefficient (Wildman–Crippen LogP) is 1.87. The topological polar surface area (TPSA) is 69.6 Å². The first-order chi connectivity index (χ1) is 10.0. The maximum Gasteiger partial charge on any atom is 0.322 e. The summed E-state index contributed by atoms with van der Waals surface area (Å²) in [5.41, 5.74) is 1.64. The lowest BCUT2D eigenvalue weighted by Gasteiger charge is -2.33. The highest BCUT2D eigenvalue weighted by Gasteiger charge is 2.32. The zero-order valence-corrected chi connectivity index (χ0v) is 11.9. The van der Waals surface area contributed by atoms with Gasteiger partial charge in [0.25, 0.3) is 0 Å². The molecule has 2 unspecified atom stereocenters. The van der Waals surface area contributed by atoms with Crippen molar-refractivity contribution in [2.24, 2.45) is 5.92 Å². The number of carboxylic acids is 1. The van der Waals surface area contributed by atoms with Gasteiger partial charge in [-0.3, -0.25) is 9.69 Å². The molecule has 21 heavy (non-hydrogen) atoms. The molecule has 1 heterocycles. The van der Waals surface area contributed by atoms with Gasteiger partial charge in [-0.05, 0) is 25.0 Å². The maximum atomic E-state index is 12.4. The van der Waals surface area contributed by atoms with E-state index in [9.17, 15) is 14.7 Å². The van der Waals surface area contributed by atoms with E-state index in [0.29, 0.717) is 12.8 Å². The summed E-state index contributed by atoms with van der Waals surface area (Å²) in [5.74, 6) is 1.02. The van der Waals surface area contributed by atoms with Crippen molar-refractivity contribution in [3.63, 3.8) is 0 Å². The first kappa shape index (κ1) is 14.9. The third-order valence-corrected chi connectivity index (χ3v) is 3.54. The minimum Gasteiger partial charge on any atom is -0.481 e. The van der Waals surface area contributed by atoms with Crippen LogP contribution in [0.2, 0.25) is 0 Å². The van der Waals surface area contributed by atoms with Gasteiger partial charge in [0.05, 0.1) is 5.92 Å². The van der Waals surface area contributed by atoms with Crippen LogP contribution in [0.3, 0.4) is 0 Å². The van der Waals surface area contributed by atoms with E-state index in [2.05, 4.69) is 11.2 Å². The number of hydrogen-bond acceptors (Lipinski definition) is 2. The van der Waals surface area contributed by atoms with Crippen LogP contribution >= 0.6 is 0 Å². The third kappa shape index (κ3) is 3.34. The zero-order valence-electron chi connectivity index (χ0n) is 11.9. The van der Waals surface area contributed by atoms with Crippen LogP contribution in [0.1, 0.15) is 18.9 Å². The lowest BCUT2D eigenvalue weighted by Crippen LogP contribution is -2.49. The number of hydrogen-bond donors (Lipinski definition) is 2. The Morgan fingerprint density at radius 1 is 1.52 bits per heavy atom. The third-order valence-electron chi connectivity index (χ3n) is 3.54. The first-order valence-corrected chi connectivity index (χ1v) is 6.85. The minimum absolute atomic E-state index is 0.153. The quantitative estimate of drug-likeness (QED) is 0.833. The van der Waals surface area contributed by atoms with Crippen molar-refractivity contribution in [1.29, 1.82) is 0 Å². The number of para-hydroxylation sites is 1. The summed E-state index contributed by atoms with van der Waals surface area (Å²) in [4.78, 5) is 25.1. The number of carbonyl (C=O) groups is 2. The van der Waals surface area contributed by atoms with E-state index in [0.717, 1.165) is 11.3 Å². The molecule has 0 saturated heterocycles. The first-order valence-electron chi connectivity index (χ1n) is 6.85. The number of anilines is 1. The van der Waals surface area contributed by atoms with Crippen LogP contribution in [0.15, 0.2) is 24.3 Å². The number of aliphatic carboxylic acids is 1. The van der Waals surface area contributed by atoms with Crippen molar-refractivity contribution >= 4 is 17.7 Å². The van der Waals surface area contributed by atoms with Crippen molar-refractivity contribution in [3.05, 3.63) is 29.8 Å². The molecule has 5 nitrogen and oxygen atoms in total. The van der Waals surface area contributed by atoms with Gasteiger partial charge in [0.15, 0.2) is 0 Å². The summed E-state index contributed by atoms with van der Waals surface area (Å²) < 4.78 is 0. The Bertz CT molecular complexity index is 591. The van der Waals surface area contributed by atoms with Gasteiger partial charge in [0.1, 0.15) is 0 Å². The molecule has 1 aliphatic rings. The lowest BCUT2D eigenvalue weighted by molar-refractivity contribution is -0.141. The van der Waals surface area contributed by atoms with E-state index in [1.165, 1.54) is 4.90 Å². The molecule has 0 saturated carbocycles. The number of urea groups is 1. The van der Waals surface area contributed by atoms with Crippen molar-refractivity contribution in [2.75, 3.05) is 11.4 Å². The van der Waals surface area contributed by atoms with Gasteiger partial charge < -0.3 is 10.4 Å². The largest absolute Gasteiger partial charge is 0.481 e. The highest BCUT2D eigenvalue weighted by molar-refractivity contribution is 5.94. The van der Waals surface area contributed by atoms with E-state index in [-0.39, 0.29) is 18.6 Å². The average Bonchev–Trinajstić information content (AvgIpc) is 2.46. The Hall–Kier alpha value is -2.48. The fraction of sp³-hybridized carbons (Fsp3) is 0.375. The molecule has 110 valence electrons. The minimum atomic E-state index is -0.890. The van der Waals surface area contributed by atoms with E-state index in [1.54, 1.807) is 0 Å². The maximum absolute atomic E-state index is 12.4. The molecule has 0 radical (unpaired) electrons. The smallest absolute Gasteiger partial charge is 0.322 e. The summed E-state index contributed by atoms with van der Waals surface area (Å²) in [6.07, 6.45) is 6.10. The molecule has 1 aliphatic heterocycles. The molecular formula is C16H18N2O3. The molecule has 2 rings (SSSR count). The fourth-order valence-electron chi connectivity index (χ4n) is 2.47. The summed E-state index contributed by atoms with van der Waals surface area (Å²) >= 11 is 0. The van der Waals surface area contributed by atoms with Gasteiger partial charge in [0, 0.05) is 24.7 Å². The molecule has 0 spiro atoms. The molecule has 2 amide bonds. The highest BCUT2D eigenvalue weighted by atomic mass is 16.4. The Morgan fingerprint density at radius 2 is 2.24 bits per heavy atom. The second kappa shape index (κ2) is 6.31. The summed E-state index contributed by atoms with van der Waals surface area (Å²) in [6, 6.07) is 6.91. The average molecular weight is 286 g/mol. The number of rotatable bonds is 3. The van der Waals surface area contributed by atoms with Crippen molar-refractivity contribution in [2.45, 2.75) is 25.8 Å². The normalized spacial score (nSPS) is 18.3. The van der Waals surface area contributed by atoms with Crippen LogP contribution in [0.25, 0.3) is 0 Å². The van der Waals surface area contributed by atoms with Gasteiger partial charge in [-0.1, -0.05) is 18.2 Å². The molecule has 2 N–H and O–H groups in total. The van der Waals surface area contributed by atoms with Crippen molar-refractivity contribution in [3.8, 4) is 12.3 Å². The molecule has 1 aromatic rings. The van der Waals surface area contributed by atoms with E-state index < -0.39 is 11.9 Å². The number of benzene rings is 1. The molecule has 2 atom stereocenters. The van der Waals surface area contributed by atoms with Crippen molar-refractivity contribution in [1.82, 2.24) is 5.32 Å². The Kier molecular flexibility index (Phi) is 4.49. The van der Waals surface area contributed by atoms with Crippen LogP contribution in [0, 0.1) is 18.3 Å². The number of nitrogens with zero attached hydrogens (tertiary/aromatic N) is 1. The number of amides is 2. The highest BCUT2D eigenvalue weighted by Crippen LogP contribution is 2.29. The standard InChI is InChI=1S/C16H18N2O3/c1-3-6-11(2)17-16(21)18-10-13(15(19)20)9-12-7-4-5-8-14(12)18/h1,4-5,7-8,11,13H,6,9-10H2,2H3,(H,17,21)(H,19,20). The number of nitrogens with one attached hydrogen (secondary N) is 1. The number of fused-ring (bicyclic) bond motifs is 1. The predicted molar refractivity (Wildman–Crippen MR) is 80.1 cm³/mol. The second-order valence-corrected chi connectivity index (χ2v) is 5.24. The van der Waals surface area contributed by atoms with Gasteiger partial charge in [-0.15, -0.1) is 12.3 Å². The molecule has 5 heteroatoms. The van der Waals surface area contributed by atoms with Crippen molar-refractivity contribution < 1.29 is 14.7 Å². The van der Waals surface area contributed by atoms with Gasteiger partial charge >= 0.3 is 12.0 Å². The second-order valence-electron chi connectivity index (χ2n) is 5.24. The summed E-state index contributed by atoms with van der Waals surface area (Å²) in [6.45, 7) is 1.99. The Balaban J connectivity index is 2.23. The Morgan fingerprint density at radius 3 is 2.90 bits per heavy atom. The fourth-order valence-corrected chi connectivity index (χ4v) is 2.47. The Labute approximate surface area is 124 Å². The van der Waals surface area contributed by atoms with Crippen LogP contribution in [-0.4, -0.2) is 29.7 Å². The van der Waals surface area contributed by atoms with Gasteiger partial charge in [-0.25, -0.2) is 4.79 Å². The molecule has 1 aromatic carbocycles. The molecule has 0 fully saturated rings. The van der Waals surface area contributed by atoms with Crippen LogP contribution in [0.4, 0.5) is 10.5 Å². The lowest BCUT2D eigenvalue weighted by atomic mass is 9.93. The SMILES string of the molecule is C#CCC(C)NC(=O)N1CC(C(=O)O)Cc2ccccc21. The zero-order chi connectivity index (χ0) is 15.4. The van der Waals surface area contributed by atoms with Gasteiger partial charge in [0.2, 0.25) is 0 Å². The molecular weight excluding hydrogens is 268 g/mol. The number of terminal acetylenes is 1. The van der Waals surface area contributed by atoms with Crippen LogP contribution < -0.4 is 10.2 Å². The molecule has 0 bridgehead atoms. The summed E-state index contributed by atoms with van der Waals surface area (Å²) in [5, 5.41) is 12.0.